The van der Waals surface area contributed by atoms with E-state index in [4.69, 9.17) is 5.73 Å². The summed E-state index contributed by atoms with van der Waals surface area (Å²) in [5, 5.41) is 0. The van der Waals surface area contributed by atoms with Gasteiger partial charge in [0.25, 0.3) is 0 Å². The average molecular weight is 191 g/mol. The number of benzene rings is 1. The van der Waals surface area contributed by atoms with Gasteiger partial charge in [0, 0.05) is 17.7 Å². The third-order valence-corrected chi connectivity index (χ3v) is 2.37. The van der Waals surface area contributed by atoms with Crippen molar-refractivity contribution in [2.75, 3.05) is 5.73 Å². The van der Waals surface area contributed by atoms with Crippen molar-refractivity contribution in [3.05, 3.63) is 29.3 Å². The number of nitrogens with two attached hydrogens (primary N) is 1. The number of carbonyl (C=O) groups excluding carboxylic acids is 1. The van der Waals surface area contributed by atoms with Crippen molar-refractivity contribution in [3.63, 3.8) is 0 Å². The van der Waals surface area contributed by atoms with Crippen LogP contribution in [0.15, 0.2) is 18.2 Å². The molecule has 14 heavy (non-hydrogen) atoms. The van der Waals surface area contributed by atoms with Crippen LogP contribution in [0, 0.1) is 0 Å². The van der Waals surface area contributed by atoms with E-state index in [0.717, 1.165) is 5.56 Å². The van der Waals surface area contributed by atoms with Crippen LogP contribution in [0.2, 0.25) is 0 Å². The van der Waals surface area contributed by atoms with Gasteiger partial charge in [0.05, 0.1) is 0 Å². The van der Waals surface area contributed by atoms with E-state index in [0.29, 0.717) is 23.6 Å². The molecule has 0 saturated carbocycles. The lowest BCUT2D eigenvalue weighted by Crippen LogP contribution is -2.03. The maximum absolute atomic E-state index is 11.5. The Bertz CT molecular complexity index is 342. The summed E-state index contributed by atoms with van der Waals surface area (Å²) in [5.41, 5.74) is 8.16. The van der Waals surface area contributed by atoms with Crippen molar-refractivity contribution in [1.29, 1.82) is 0 Å². The highest BCUT2D eigenvalue weighted by atomic mass is 16.1. The van der Waals surface area contributed by atoms with Crippen LogP contribution in [0.25, 0.3) is 0 Å². The molecule has 0 aliphatic rings. The fraction of sp³-hybridized carbons (Fsp3) is 0.417. The van der Waals surface area contributed by atoms with Gasteiger partial charge in [-0.2, -0.15) is 0 Å². The summed E-state index contributed by atoms with van der Waals surface area (Å²) in [5.74, 6) is 0.545. The van der Waals surface area contributed by atoms with E-state index in [1.54, 1.807) is 0 Å². The first-order valence-electron chi connectivity index (χ1n) is 4.98. The Morgan fingerprint density at radius 3 is 2.57 bits per heavy atom. The lowest BCUT2D eigenvalue weighted by Gasteiger charge is -2.09. The highest BCUT2D eigenvalue weighted by molar-refractivity contribution is 6.00. The van der Waals surface area contributed by atoms with Crippen LogP contribution in [0.4, 0.5) is 5.69 Å². The largest absolute Gasteiger partial charge is 0.398 e. The van der Waals surface area contributed by atoms with E-state index < -0.39 is 0 Å². The Labute approximate surface area is 85.1 Å². The van der Waals surface area contributed by atoms with Gasteiger partial charge in [-0.05, 0) is 23.6 Å². The van der Waals surface area contributed by atoms with Crippen molar-refractivity contribution >= 4 is 11.5 Å². The zero-order valence-electron chi connectivity index (χ0n) is 9.00. The summed E-state index contributed by atoms with van der Waals surface area (Å²) < 4.78 is 0. The van der Waals surface area contributed by atoms with Gasteiger partial charge in [-0.15, -0.1) is 0 Å². The molecule has 1 aromatic rings. The van der Waals surface area contributed by atoms with Crippen molar-refractivity contribution in [2.24, 2.45) is 0 Å². The highest BCUT2D eigenvalue weighted by Crippen LogP contribution is 2.21. The number of Topliss-reactive ketones (excluding diaryl/α,β-unsaturated/α-hetero) is 1. The van der Waals surface area contributed by atoms with Crippen LogP contribution in [0.3, 0.4) is 0 Å². The van der Waals surface area contributed by atoms with Crippen molar-refractivity contribution in [3.8, 4) is 0 Å². The molecule has 0 radical (unpaired) electrons. The molecular weight excluding hydrogens is 174 g/mol. The van der Waals surface area contributed by atoms with Gasteiger partial charge < -0.3 is 5.73 Å². The van der Waals surface area contributed by atoms with Gasteiger partial charge in [-0.25, -0.2) is 0 Å². The first kappa shape index (κ1) is 10.8. The molecule has 0 spiro atoms. The van der Waals surface area contributed by atoms with Crippen molar-refractivity contribution in [1.82, 2.24) is 0 Å². The third-order valence-electron chi connectivity index (χ3n) is 2.37. The summed E-state index contributed by atoms with van der Waals surface area (Å²) in [6.45, 7) is 6.06. The molecule has 2 nitrogen and oxygen atoms in total. The van der Waals surface area contributed by atoms with Gasteiger partial charge in [-0.3, -0.25) is 4.79 Å². The third kappa shape index (κ3) is 2.13. The second-order valence-electron chi connectivity index (χ2n) is 3.78. The van der Waals surface area contributed by atoms with Crippen LogP contribution < -0.4 is 5.73 Å². The second kappa shape index (κ2) is 4.27. The minimum Gasteiger partial charge on any atom is -0.398 e. The first-order valence-corrected chi connectivity index (χ1v) is 4.98. The lowest BCUT2D eigenvalue weighted by atomic mass is 9.97. The van der Waals surface area contributed by atoms with Crippen LogP contribution in [-0.2, 0) is 0 Å². The molecule has 76 valence electrons. The Hall–Kier alpha value is -1.31. The topological polar surface area (TPSA) is 43.1 Å². The zero-order chi connectivity index (χ0) is 10.7. The van der Waals surface area contributed by atoms with Crippen LogP contribution >= 0.6 is 0 Å². The fourth-order valence-electron chi connectivity index (χ4n) is 1.36. The zero-order valence-corrected chi connectivity index (χ0v) is 9.00. The maximum atomic E-state index is 11.5. The number of ketones is 1. The van der Waals surface area contributed by atoms with E-state index in [1.165, 1.54) is 0 Å². The number of anilines is 1. The Morgan fingerprint density at radius 1 is 1.43 bits per heavy atom. The fourth-order valence-corrected chi connectivity index (χ4v) is 1.36. The smallest absolute Gasteiger partial charge is 0.164 e. The van der Waals surface area contributed by atoms with Crippen LogP contribution in [0.5, 0.6) is 0 Å². The lowest BCUT2D eigenvalue weighted by molar-refractivity contribution is 0.0989. The quantitative estimate of drug-likeness (QED) is 0.589. The number of carbonyl (C=O) groups is 1. The summed E-state index contributed by atoms with van der Waals surface area (Å²) >= 11 is 0. The Morgan fingerprint density at radius 2 is 2.07 bits per heavy atom. The monoisotopic (exact) mass is 191 g/mol. The van der Waals surface area contributed by atoms with E-state index in [-0.39, 0.29) is 5.78 Å². The molecular formula is C12H17NO. The molecule has 0 aliphatic heterocycles. The number of hydrogen-bond donors (Lipinski definition) is 1. The first-order chi connectivity index (χ1) is 6.56. The van der Waals surface area contributed by atoms with Crippen LogP contribution in [-0.4, -0.2) is 5.78 Å². The summed E-state index contributed by atoms with van der Waals surface area (Å²) in [4.78, 5) is 11.5. The molecule has 0 heterocycles. The van der Waals surface area contributed by atoms with E-state index in [1.807, 2.05) is 25.1 Å². The summed E-state index contributed by atoms with van der Waals surface area (Å²) in [7, 11) is 0. The van der Waals surface area contributed by atoms with Crippen molar-refractivity contribution in [2.45, 2.75) is 33.1 Å². The molecule has 1 rings (SSSR count). The van der Waals surface area contributed by atoms with E-state index in [9.17, 15) is 4.79 Å². The molecule has 0 saturated heterocycles. The molecule has 0 amide bonds. The van der Waals surface area contributed by atoms with E-state index >= 15 is 0 Å². The highest BCUT2D eigenvalue weighted by Gasteiger charge is 2.09. The van der Waals surface area contributed by atoms with Gasteiger partial charge >= 0.3 is 0 Å². The summed E-state index contributed by atoms with van der Waals surface area (Å²) in [6, 6.07) is 5.70. The molecule has 2 heteroatoms. The maximum Gasteiger partial charge on any atom is 0.164 e. The van der Waals surface area contributed by atoms with Gasteiger partial charge in [0.15, 0.2) is 5.78 Å². The molecule has 0 atom stereocenters. The number of nitrogen functional groups attached to an aromatic ring is 1. The second-order valence-corrected chi connectivity index (χ2v) is 3.78. The standard InChI is InChI=1S/C12H17NO/c1-4-12(14)10-7-9(8(2)3)5-6-11(10)13/h5-8H,4,13H2,1-3H3. The predicted octanol–water partition coefficient (Wildman–Crippen LogP) is 2.98. The molecule has 0 bridgehead atoms. The molecule has 2 N–H and O–H groups in total. The minimum absolute atomic E-state index is 0.116. The van der Waals surface area contributed by atoms with Gasteiger partial charge in [0.1, 0.15) is 0 Å². The number of hydrogen-bond acceptors (Lipinski definition) is 2. The minimum atomic E-state index is 0.116. The molecule has 0 fully saturated rings. The SMILES string of the molecule is CCC(=O)c1cc(C(C)C)ccc1N. The molecule has 1 aromatic carbocycles. The average Bonchev–Trinajstić information content (AvgIpc) is 2.17. The van der Waals surface area contributed by atoms with Crippen LogP contribution in [0.1, 0.15) is 49.0 Å². The van der Waals surface area contributed by atoms with Gasteiger partial charge in [-0.1, -0.05) is 26.8 Å². The Kier molecular flexibility index (Phi) is 3.28. The molecule has 0 aromatic heterocycles. The Balaban J connectivity index is 3.15. The predicted molar refractivity (Wildman–Crippen MR) is 59.6 cm³/mol. The molecule has 0 aliphatic carbocycles. The number of rotatable bonds is 3. The van der Waals surface area contributed by atoms with Gasteiger partial charge in [0.2, 0.25) is 0 Å². The summed E-state index contributed by atoms with van der Waals surface area (Å²) in [6.07, 6.45) is 0.506. The van der Waals surface area contributed by atoms with Crippen molar-refractivity contribution < 1.29 is 4.79 Å². The van der Waals surface area contributed by atoms with E-state index in [2.05, 4.69) is 13.8 Å². The molecule has 0 unspecified atom stereocenters. The normalized spacial score (nSPS) is 10.6.